The molecule has 150 valence electrons. The maximum Gasteiger partial charge on any atom is 0.308 e. The maximum atomic E-state index is 13.4. The molecule has 0 aromatic heterocycles. The normalized spacial score (nSPS) is 23.2. The number of nitrogens with one attached hydrogen (secondary N) is 1. The minimum absolute atomic E-state index is 0.272. The number of carboxylic acid groups (broad SMARTS) is 1. The molecule has 0 radical (unpaired) electrons. The van der Waals surface area contributed by atoms with E-state index in [4.69, 9.17) is 4.74 Å². The Hall–Kier alpha value is -3.60. The molecule has 3 aliphatic rings. The van der Waals surface area contributed by atoms with Crippen molar-refractivity contribution in [3.05, 3.63) is 95.1 Å². The number of rotatable bonds is 4. The van der Waals surface area contributed by atoms with Crippen molar-refractivity contribution in [1.82, 2.24) is 0 Å². The smallest absolute Gasteiger partial charge is 0.308 e. The van der Waals surface area contributed by atoms with Crippen LogP contribution in [0.4, 0.5) is 5.69 Å². The van der Waals surface area contributed by atoms with Crippen LogP contribution in [0.1, 0.15) is 34.1 Å². The molecule has 3 aliphatic carbocycles. The highest BCUT2D eigenvalue weighted by atomic mass is 16.5. The molecular formula is C25H21NO4. The summed E-state index contributed by atoms with van der Waals surface area (Å²) in [5.74, 6) is -2.67. The molecule has 5 heteroatoms. The number of carbonyl (C=O) groups excluding carboxylic acids is 1. The second-order valence-electron chi connectivity index (χ2n) is 7.82. The van der Waals surface area contributed by atoms with Crippen molar-refractivity contribution >= 4 is 17.6 Å². The van der Waals surface area contributed by atoms with E-state index in [1.165, 1.54) is 0 Å². The molecule has 0 saturated carbocycles. The predicted molar refractivity (Wildman–Crippen MR) is 113 cm³/mol. The molecule has 1 amide bonds. The van der Waals surface area contributed by atoms with Crippen molar-refractivity contribution in [2.24, 2.45) is 11.8 Å². The number of methoxy groups -OCH3 is 1. The van der Waals surface area contributed by atoms with Gasteiger partial charge in [0.25, 0.3) is 0 Å². The third kappa shape index (κ3) is 2.70. The van der Waals surface area contributed by atoms with Crippen molar-refractivity contribution in [2.75, 3.05) is 12.4 Å². The summed E-state index contributed by atoms with van der Waals surface area (Å²) < 4.78 is 5.17. The maximum absolute atomic E-state index is 13.4. The average molecular weight is 399 g/mol. The number of aliphatic carboxylic acids is 1. The van der Waals surface area contributed by atoms with Crippen LogP contribution in [0, 0.1) is 11.8 Å². The Labute approximate surface area is 174 Å². The Bertz CT molecular complexity index is 1090. The molecule has 5 nitrogen and oxygen atoms in total. The zero-order valence-corrected chi connectivity index (χ0v) is 16.4. The number of hydrogen-bond acceptors (Lipinski definition) is 3. The lowest BCUT2D eigenvalue weighted by Gasteiger charge is -2.48. The SMILES string of the molecule is COc1ccc(NC(=O)[C@@H]2C3c4ccccc4C(c4ccccc43)[C@H]2C(=O)O)cc1. The van der Waals surface area contributed by atoms with E-state index < -0.39 is 17.8 Å². The van der Waals surface area contributed by atoms with Crippen LogP contribution in [0.2, 0.25) is 0 Å². The molecule has 2 atom stereocenters. The third-order valence-corrected chi connectivity index (χ3v) is 6.38. The minimum atomic E-state index is -0.941. The van der Waals surface area contributed by atoms with E-state index in [0.29, 0.717) is 11.4 Å². The molecule has 3 aromatic rings. The van der Waals surface area contributed by atoms with Crippen LogP contribution in [-0.4, -0.2) is 24.1 Å². The second-order valence-corrected chi connectivity index (χ2v) is 7.82. The molecule has 2 bridgehead atoms. The highest BCUT2D eigenvalue weighted by Crippen LogP contribution is 2.58. The molecule has 0 saturated heterocycles. The highest BCUT2D eigenvalue weighted by molar-refractivity contribution is 5.98. The Morgan fingerprint density at radius 3 is 1.67 bits per heavy atom. The molecule has 0 spiro atoms. The largest absolute Gasteiger partial charge is 0.497 e. The molecule has 0 aliphatic heterocycles. The lowest BCUT2D eigenvalue weighted by Crippen LogP contribution is -2.48. The van der Waals surface area contributed by atoms with Gasteiger partial charge in [-0.2, -0.15) is 0 Å². The van der Waals surface area contributed by atoms with Crippen molar-refractivity contribution < 1.29 is 19.4 Å². The molecule has 0 unspecified atom stereocenters. The van der Waals surface area contributed by atoms with Crippen molar-refractivity contribution in [1.29, 1.82) is 0 Å². The van der Waals surface area contributed by atoms with Crippen LogP contribution in [0.5, 0.6) is 5.75 Å². The van der Waals surface area contributed by atoms with E-state index in [0.717, 1.165) is 22.3 Å². The molecule has 30 heavy (non-hydrogen) atoms. The van der Waals surface area contributed by atoms with E-state index in [1.54, 1.807) is 31.4 Å². The minimum Gasteiger partial charge on any atom is -0.497 e. The summed E-state index contributed by atoms with van der Waals surface area (Å²) in [4.78, 5) is 25.9. The summed E-state index contributed by atoms with van der Waals surface area (Å²) in [7, 11) is 1.58. The Morgan fingerprint density at radius 2 is 1.23 bits per heavy atom. The lowest BCUT2D eigenvalue weighted by molar-refractivity contribution is -0.148. The molecule has 0 heterocycles. The molecule has 2 N–H and O–H groups in total. The van der Waals surface area contributed by atoms with E-state index in [1.807, 2.05) is 48.5 Å². The number of benzene rings is 3. The van der Waals surface area contributed by atoms with Crippen molar-refractivity contribution in [3.63, 3.8) is 0 Å². The molecule has 0 fully saturated rings. The summed E-state index contributed by atoms with van der Waals surface area (Å²) in [6, 6.07) is 22.9. The van der Waals surface area contributed by atoms with Gasteiger partial charge in [-0.05, 0) is 46.5 Å². The fraction of sp³-hybridized carbons (Fsp3) is 0.200. The Kier molecular flexibility index (Phi) is 4.31. The van der Waals surface area contributed by atoms with Crippen LogP contribution in [0.25, 0.3) is 0 Å². The molecular weight excluding hydrogens is 378 g/mol. The zero-order chi connectivity index (χ0) is 20.8. The van der Waals surface area contributed by atoms with Gasteiger partial charge in [-0.3, -0.25) is 9.59 Å². The van der Waals surface area contributed by atoms with Gasteiger partial charge in [-0.25, -0.2) is 0 Å². The summed E-state index contributed by atoms with van der Waals surface area (Å²) in [6.45, 7) is 0. The van der Waals surface area contributed by atoms with Crippen molar-refractivity contribution in [2.45, 2.75) is 11.8 Å². The lowest BCUT2D eigenvalue weighted by atomic mass is 9.54. The summed E-state index contributed by atoms with van der Waals surface area (Å²) in [5.41, 5.74) is 4.75. The fourth-order valence-electron chi connectivity index (χ4n) is 5.19. The predicted octanol–water partition coefficient (Wildman–Crippen LogP) is 4.24. The van der Waals surface area contributed by atoms with Gasteiger partial charge in [0, 0.05) is 17.5 Å². The average Bonchev–Trinajstić information content (AvgIpc) is 2.79. The first kappa shape index (κ1) is 18.4. The van der Waals surface area contributed by atoms with E-state index in [9.17, 15) is 14.7 Å². The van der Waals surface area contributed by atoms with E-state index in [-0.39, 0.29) is 17.7 Å². The highest BCUT2D eigenvalue weighted by Gasteiger charge is 2.55. The van der Waals surface area contributed by atoms with E-state index in [2.05, 4.69) is 5.32 Å². The summed E-state index contributed by atoms with van der Waals surface area (Å²) >= 11 is 0. The topological polar surface area (TPSA) is 75.6 Å². The van der Waals surface area contributed by atoms with Gasteiger partial charge >= 0.3 is 5.97 Å². The number of amides is 1. The standard InChI is InChI=1S/C25H21NO4/c1-30-15-12-10-14(11-13-15)26-24(27)22-20-16-6-2-4-8-18(16)21(23(22)25(28)29)19-9-5-3-7-17(19)20/h2-13,20-23H,1H3,(H,26,27)(H,28,29)/t20?,21?,22-,23-/m1/s1. The fourth-order valence-corrected chi connectivity index (χ4v) is 5.19. The van der Waals surface area contributed by atoms with Gasteiger partial charge in [-0.1, -0.05) is 48.5 Å². The van der Waals surface area contributed by atoms with Gasteiger partial charge in [-0.15, -0.1) is 0 Å². The first-order valence-electron chi connectivity index (χ1n) is 9.95. The third-order valence-electron chi connectivity index (χ3n) is 6.38. The van der Waals surface area contributed by atoms with Gasteiger partial charge < -0.3 is 15.2 Å². The van der Waals surface area contributed by atoms with E-state index >= 15 is 0 Å². The van der Waals surface area contributed by atoms with Gasteiger partial charge in [0.1, 0.15) is 5.75 Å². The Morgan fingerprint density at radius 1 is 0.767 bits per heavy atom. The van der Waals surface area contributed by atoms with Gasteiger partial charge in [0.05, 0.1) is 18.9 Å². The number of carbonyl (C=O) groups is 2. The number of fused-ring (bicyclic) bond motifs is 1. The number of anilines is 1. The van der Waals surface area contributed by atoms with Crippen LogP contribution < -0.4 is 10.1 Å². The van der Waals surface area contributed by atoms with Crippen LogP contribution >= 0.6 is 0 Å². The van der Waals surface area contributed by atoms with Crippen LogP contribution in [0.15, 0.2) is 72.8 Å². The summed E-state index contributed by atoms with van der Waals surface area (Å²) in [6.07, 6.45) is 0. The van der Waals surface area contributed by atoms with Crippen LogP contribution in [-0.2, 0) is 9.59 Å². The second kappa shape index (κ2) is 7.02. The monoisotopic (exact) mass is 399 g/mol. The van der Waals surface area contributed by atoms with Crippen LogP contribution in [0.3, 0.4) is 0 Å². The quantitative estimate of drug-likeness (QED) is 0.688. The first-order chi connectivity index (χ1) is 14.6. The first-order valence-corrected chi connectivity index (χ1v) is 9.95. The summed E-state index contributed by atoms with van der Waals surface area (Å²) in [5, 5.41) is 13.1. The number of hydrogen-bond donors (Lipinski definition) is 2. The van der Waals surface area contributed by atoms with Gasteiger partial charge in [0.15, 0.2) is 0 Å². The van der Waals surface area contributed by atoms with Crippen molar-refractivity contribution in [3.8, 4) is 5.75 Å². The molecule has 6 rings (SSSR count). The zero-order valence-electron chi connectivity index (χ0n) is 16.4. The number of carboxylic acids is 1. The molecule has 3 aromatic carbocycles. The Balaban J connectivity index is 1.60. The van der Waals surface area contributed by atoms with Gasteiger partial charge in [0.2, 0.25) is 5.91 Å². The number of ether oxygens (including phenoxy) is 1.